The Balaban J connectivity index is 0.000000310. The highest BCUT2D eigenvalue weighted by atomic mass is 35.8. The minimum atomic E-state index is -1.72. The fraction of sp³-hybridized carbons (Fsp3) is 0.167. The molecule has 0 spiro atoms. The minimum absolute atomic E-state index is 0.206. The van der Waals surface area contributed by atoms with E-state index in [4.69, 9.17) is 35.3 Å². The summed E-state index contributed by atoms with van der Waals surface area (Å²) in [5, 5.41) is 8.30. The summed E-state index contributed by atoms with van der Waals surface area (Å²) in [4.78, 5) is 10.5. The van der Waals surface area contributed by atoms with Gasteiger partial charge in [0.25, 0.3) is 0 Å². The monoisotopic (exact) mass is 258 g/mol. The highest BCUT2D eigenvalue weighted by Crippen LogP contribution is 1.99. The van der Waals surface area contributed by atoms with Crippen molar-refractivity contribution in [1.82, 2.24) is 0 Å². The Kier molecular flexibility index (Phi) is 7.88. The van der Waals surface area contributed by atoms with Crippen LogP contribution in [-0.2, 0) is 0 Å². The highest BCUT2D eigenvalue weighted by Gasteiger charge is 2.04. The molecule has 0 unspecified atom stereocenters. The third-order valence-electron chi connectivity index (χ3n) is 0.940. The van der Waals surface area contributed by atoms with Crippen molar-refractivity contribution >= 4 is 47.3 Å². The second kappa shape index (κ2) is 7.69. The first-order valence-electron chi connectivity index (χ1n) is 3.17. The largest absolute Gasteiger partial charge is 0.643 e. The molecule has 1 aromatic heterocycles. The molecule has 0 atom stereocenters. The van der Waals surface area contributed by atoms with Gasteiger partial charge < -0.3 is 9.52 Å². The van der Waals surface area contributed by atoms with Crippen LogP contribution in [-0.4, -0.2) is 28.9 Å². The molecule has 0 aliphatic rings. The van der Waals surface area contributed by atoms with Crippen LogP contribution in [0.15, 0.2) is 22.8 Å². The van der Waals surface area contributed by atoms with E-state index in [0.29, 0.717) is 0 Å². The Bertz CT molecular complexity index is 235. The van der Waals surface area contributed by atoms with Gasteiger partial charge in [0.2, 0.25) is 5.78 Å². The minimum Gasteiger partial charge on any atom is -0.461 e. The van der Waals surface area contributed by atoms with Crippen molar-refractivity contribution in [3.05, 3.63) is 24.2 Å². The summed E-state index contributed by atoms with van der Waals surface area (Å²) in [6.07, 6.45) is 1.39. The topological polar surface area (TPSA) is 50.4 Å². The molecular weight excluding hydrogens is 253 g/mol. The lowest BCUT2D eigenvalue weighted by molar-refractivity contribution is 0.0876. The van der Waals surface area contributed by atoms with Gasteiger partial charge in [-0.05, 0) is 12.1 Å². The van der Waals surface area contributed by atoms with Crippen molar-refractivity contribution in [3.63, 3.8) is 0 Å². The van der Waals surface area contributed by atoms with E-state index < -0.39 is 18.0 Å². The van der Waals surface area contributed by atoms with Gasteiger partial charge in [-0.1, -0.05) is 0 Å². The maximum absolute atomic E-state index is 10.5. The van der Waals surface area contributed by atoms with Crippen molar-refractivity contribution in [2.45, 2.75) is 0 Å². The number of hydrogen-bond acceptors (Lipinski definition) is 3. The molecule has 1 aromatic rings. The number of furan rings is 1. The summed E-state index contributed by atoms with van der Waals surface area (Å²) in [5.41, 5.74) is 0. The van der Waals surface area contributed by atoms with Crippen LogP contribution < -0.4 is 0 Å². The Morgan fingerprint density at radius 3 is 2.38 bits per heavy atom. The van der Waals surface area contributed by atoms with Crippen LogP contribution in [0.25, 0.3) is 0 Å². The maximum atomic E-state index is 10.5. The molecular formula is C6H6AlCl3O3. The molecule has 13 heavy (non-hydrogen) atoms. The van der Waals surface area contributed by atoms with E-state index in [1.54, 1.807) is 6.07 Å². The number of hydrogen-bond donors (Lipinski definition) is 1. The molecule has 0 saturated carbocycles. The van der Waals surface area contributed by atoms with E-state index in [-0.39, 0.29) is 11.5 Å². The summed E-state index contributed by atoms with van der Waals surface area (Å²) >= 11 is -1.72. The molecule has 7 heteroatoms. The first-order chi connectivity index (χ1) is 6.07. The molecule has 0 saturated heterocycles. The van der Waals surface area contributed by atoms with Crippen LogP contribution in [0.1, 0.15) is 10.6 Å². The van der Waals surface area contributed by atoms with Gasteiger partial charge in [0.05, 0.1) is 6.26 Å². The number of halogens is 3. The summed E-state index contributed by atoms with van der Waals surface area (Å²) in [7, 11) is 14.8. The molecule has 0 aromatic carbocycles. The molecule has 0 radical (unpaired) electrons. The van der Waals surface area contributed by atoms with Gasteiger partial charge in [-0.15, -0.1) is 0 Å². The van der Waals surface area contributed by atoms with E-state index in [0.717, 1.165) is 0 Å². The van der Waals surface area contributed by atoms with Crippen molar-refractivity contribution in [1.29, 1.82) is 0 Å². The van der Waals surface area contributed by atoms with Crippen molar-refractivity contribution in [3.8, 4) is 0 Å². The number of carbonyl (C=O) groups is 1. The average Bonchev–Trinajstić information content (AvgIpc) is 2.54. The number of Topliss-reactive ketones (excluding diaryl/α,β-unsaturated/α-hetero) is 1. The molecule has 1 N–H and O–H groups in total. The zero-order chi connectivity index (χ0) is 10.3. The van der Waals surface area contributed by atoms with Crippen LogP contribution in [0.3, 0.4) is 0 Å². The molecule has 1 rings (SSSR count). The molecule has 0 bridgehead atoms. The Morgan fingerprint density at radius 2 is 2.08 bits per heavy atom. The smallest absolute Gasteiger partial charge is 0.461 e. The Hall–Kier alpha value is 0.312. The van der Waals surface area contributed by atoms with Gasteiger partial charge in [-0.2, -0.15) is 0 Å². The lowest BCUT2D eigenvalue weighted by Crippen LogP contribution is -2.01. The van der Waals surface area contributed by atoms with E-state index in [2.05, 4.69) is 4.42 Å². The normalized spacial score (nSPS) is 8.62. The Morgan fingerprint density at radius 1 is 1.54 bits per heavy atom. The van der Waals surface area contributed by atoms with Crippen molar-refractivity contribution < 1.29 is 14.3 Å². The molecule has 1 heterocycles. The molecule has 0 fully saturated rings. The van der Waals surface area contributed by atoms with Crippen LogP contribution >= 0.6 is 30.1 Å². The molecule has 0 aliphatic heterocycles. The van der Waals surface area contributed by atoms with E-state index in [1.165, 1.54) is 12.3 Å². The quantitative estimate of drug-likeness (QED) is 0.654. The van der Waals surface area contributed by atoms with Gasteiger partial charge in [0, 0.05) is 0 Å². The molecule has 72 valence electrons. The second-order valence-corrected chi connectivity index (χ2v) is 8.24. The van der Waals surface area contributed by atoms with Crippen molar-refractivity contribution in [2.75, 3.05) is 6.61 Å². The fourth-order valence-electron chi connectivity index (χ4n) is 0.515. The first-order valence-corrected chi connectivity index (χ1v) is 8.41. The number of ketones is 1. The molecule has 3 nitrogen and oxygen atoms in total. The van der Waals surface area contributed by atoms with Gasteiger partial charge >= 0.3 is 11.4 Å². The first kappa shape index (κ1) is 13.3. The summed E-state index contributed by atoms with van der Waals surface area (Å²) in [5.74, 6) is -0.183. The fourth-order valence-corrected chi connectivity index (χ4v) is 0.515. The number of carbonyl (C=O) groups excluding carboxylic acids is 1. The van der Waals surface area contributed by atoms with E-state index >= 15 is 0 Å². The third-order valence-corrected chi connectivity index (χ3v) is 0.940. The standard InChI is InChI=1S/C6H6O3.Al.3ClH/c7-4-5(8)6-2-1-3-9-6;;;;/h1-3,7H,4H2;;3*1H/q;+3;;;/p-3. The maximum Gasteiger partial charge on any atom is 0.643 e. The van der Waals surface area contributed by atoms with Crippen LogP contribution in [0.2, 0.25) is 0 Å². The molecule has 0 aliphatic carbocycles. The van der Waals surface area contributed by atoms with Gasteiger partial charge in [0.15, 0.2) is 5.76 Å². The lowest BCUT2D eigenvalue weighted by atomic mass is 10.3. The van der Waals surface area contributed by atoms with E-state index in [1.807, 2.05) is 0 Å². The van der Waals surface area contributed by atoms with Crippen LogP contribution in [0.4, 0.5) is 0 Å². The summed E-state index contributed by atoms with van der Waals surface area (Å²) < 4.78 is 4.68. The number of aliphatic hydroxyl groups excluding tert-OH is 1. The zero-order valence-corrected chi connectivity index (χ0v) is 9.84. The van der Waals surface area contributed by atoms with Crippen molar-refractivity contribution in [2.24, 2.45) is 0 Å². The second-order valence-electron chi connectivity index (χ2n) is 1.81. The van der Waals surface area contributed by atoms with Gasteiger partial charge in [-0.25, -0.2) is 30.1 Å². The summed E-state index contributed by atoms with van der Waals surface area (Å²) in [6.45, 7) is -0.493. The average molecular weight is 259 g/mol. The SMILES string of the molecule is O=C(CO)c1ccco1.[Cl][Al]([Cl])[Cl]. The Labute approximate surface area is 92.2 Å². The third kappa shape index (κ3) is 7.39. The highest BCUT2D eigenvalue weighted by molar-refractivity contribution is 7.54. The zero-order valence-electron chi connectivity index (χ0n) is 6.41. The molecule has 0 amide bonds. The predicted molar refractivity (Wildman–Crippen MR) is 53.4 cm³/mol. The van der Waals surface area contributed by atoms with Crippen LogP contribution in [0.5, 0.6) is 0 Å². The number of aliphatic hydroxyl groups is 1. The van der Waals surface area contributed by atoms with Gasteiger partial charge in [0.1, 0.15) is 6.61 Å². The number of rotatable bonds is 2. The van der Waals surface area contributed by atoms with Crippen LogP contribution in [0, 0.1) is 0 Å². The summed E-state index contributed by atoms with van der Waals surface area (Å²) in [6, 6.07) is 3.11. The van der Waals surface area contributed by atoms with Gasteiger partial charge in [-0.3, -0.25) is 4.79 Å². The lowest BCUT2D eigenvalue weighted by Gasteiger charge is -1.85. The van der Waals surface area contributed by atoms with E-state index in [9.17, 15) is 4.79 Å². The predicted octanol–water partition coefficient (Wildman–Crippen LogP) is 2.14.